The van der Waals surface area contributed by atoms with E-state index < -0.39 is 8.32 Å². The van der Waals surface area contributed by atoms with Crippen LogP contribution in [0.15, 0.2) is 16.6 Å². The minimum absolute atomic E-state index is 0.266. The molecule has 3 nitrogen and oxygen atoms in total. The van der Waals surface area contributed by atoms with Crippen LogP contribution in [0.3, 0.4) is 0 Å². The zero-order valence-corrected chi connectivity index (χ0v) is 17.5. The van der Waals surface area contributed by atoms with Gasteiger partial charge >= 0.3 is 0 Å². The van der Waals surface area contributed by atoms with Gasteiger partial charge in [-0.05, 0) is 59.0 Å². The molecule has 1 aromatic rings. The standard InChI is InChI=1S/C16H26BrClN2OSi/c1-16(2,3)22(4,5)21-12-8-10-20(11-9-12)15-13(17)6-7-14(18)19-15/h6-7,12H,8-11H2,1-5H3. The molecule has 1 fully saturated rings. The number of halogens is 2. The Kier molecular flexibility index (Phi) is 5.63. The van der Waals surface area contributed by atoms with Crippen molar-refractivity contribution in [3.05, 3.63) is 21.8 Å². The molecule has 124 valence electrons. The maximum atomic E-state index is 6.54. The molecule has 6 heteroatoms. The maximum absolute atomic E-state index is 6.54. The van der Waals surface area contributed by atoms with Gasteiger partial charge < -0.3 is 9.33 Å². The second-order valence-corrected chi connectivity index (χ2v) is 13.5. The normalized spacial score (nSPS) is 17.9. The predicted molar refractivity (Wildman–Crippen MR) is 100 cm³/mol. The third kappa shape index (κ3) is 4.25. The molecule has 0 aliphatic carbocycles. The molecule has 0 radical (unpaired) electrons. The quantitative estimate of drug-likeness (QED) is 0.491. The molecular weight excluding hydrogens is 380 g/mol. The minimum atomic E-state index is -1.68. The highest BCUT2D eigenvalue weighted by Gasteiger charge is 2.39. The average molecular weight is 406 g/mol. The van der Waals surface area contributed by atoms with E-state index in [1.165, 1.54) is 0 Å². The monoisotopic (exact) mass is 404 g/mol. The van der Waals surface area contributed by atoms with Crippen molar-refractivity contribution in [2.24, 2.45) is 0 Å². The lowest BCUT2D eigenvalue weighted by Gasteiger charge is -2.42. The molecule has 0 unspecified atom stereocenters. The number of anilines is 1. The Bertz CT molecular complexity index is 525. The van der Waals surface area contributed by atoms with E-state index in [0.717, 1.165) is 36.2 Å². The first kappa shape index (κ1) is 18.2. The van der Waals surface area contributed by atoms with E-state index in [0.29, 0.717) is 11.3 Å². The van der Waals surface area contributed by atoms with Crippen LogP contribution in [0.4, 0.5) is 5.82 Å². The van der Waals surface area contributed by atoms with Crippen molar-refractivity contribution in [3.8, 4) is 0 Å². The molecule has 0 amide bonds. The molecular formula is C16H26BrClN2OSi. The number of aromatic nitrogens is 1. The number of piperidine rings is 1. The maximum Gasteiger partial charge on any atom is 0.192 e. The number of hydrogen-bond acceptors (Lipinski definition) is 3. The van der Waals surface area contributed by atoms with Gasteiger partial charge in [0.05, 0.1) is 4.47 Å². The second-order valence-electron chi connectivity index (χ2n) is 7.50. The number of rotatable bonds is 3. The predicted octanol–water partition coefficient (Wildman–Crippen LogP) is 5.49. The Morgan fingerprint density at radius 3 is 2.41 bits per heavy atom. The first-order chi connectivity index (χ1) is 10.1. The fraction of sp³-hybridized carbons (Fsp3) is 0.688. The van der Waals surface area contributed by atoms with Crippen LogP contribution in [0, 0.1) is 0 Å². The van der Waals surface area contributed by atoms with Gasteiger partial charge in [-0.1, -0.05) is 32.4 Å². The Morgan fingerprint density at radius 2 is 1.86 bits per heavy atom. The van der Waals surface area contributed by atoms with Gasteiger partial charge in [0.1, 0.15) is 11.0 Å². The highest BCUT2D eigenvalue weighted by atomic mass is 79.9. The van der Waals surface area contributed by atoms with Gasteiger partial charge in [0.2, 0.25) is 0 Å². The van der Waals surface area contributed by atoms with E-state index in [-0.39, 0.29) is 5.04 Å². The van der Waals surface area contributed by atoms with Crippen molar-refractivity contribution in [1.29, 1.82) is 0 Å². The molecule has 0 aromatic carbocycles. The number of hydrogen-bond donors (Lipinski definition) is 0. The third-order valence-corrected chi connectivity index (χ3v) is 10.2. The number of nitrogens with zero attached hydrogens (tertiary/aromatic N) is 2. The van der Waals surface area contributed by atoms with Crippen LogP contribution >= 0.6 is 27.5 Å². The average Bonchev–Trinajstić information content (AvgIpc) is 2.41. The summed E-state index contributed by atoms with van der Waals surface area (Å²) in [6.45, 7) is 13.5. The van der Waals surface area contributed by atoms with Gasteiger partial charge in [-0.2, -0.15) is 0 Å². The summed E-state index contributed by atoms with van der Waals surface area (Å²) < 4.78 is 7.54. The smallest absolute Gasteiger partial charge is 0.192 e. The molecule has 1 saturated heterocycles. The van der Waals surface area contributed by atoms with E-state index in [9.17, 15) is 0 Å². The van der Waals surface area contributed by atoms with Crippen molar-refractivity contribution in [2.45, 2.75) is 57.8 Å². The van der Waals surface area contributed by atoms with Gasteiger partial charge in [-0.15, -0.1) is 0 Å². The van der Waals surface area contributed by atoms with E-state index in [1.807, 2.05) is 12.1 Å². The summed E-state index contributed by atoms with van der Waals surface area (Å²) in [5.74, 6) is 0.943. The Labute approximate surface area is 148 Å². The third-order valence-electron chi connectivity index (χ3n) is 4.80. The summed E-state index contributed by atoms with van der Waals surface area (Å²) in [5.41, 5.74) is 0. The summed E-state index contributed by atoms with van der Waals surface area (Å²) >= 11 is 9.59. The molecule has 1 aromatic heterocycles. The lowest BCUT2D eigenvalue weighted by atomic mass is 10.1. The number of pyridine rings is 1. The van der Waals surface area contributed by atoms with Crippen LogP contribution in [0.1, 0.15) is 33.6 Å². The van der Waals surface area contributed by atoms with E-state index in [1.54, 1.807) is 0 Å². The molecule has 1 aliphatic heterocycles. The molecule has 0 saturated carbocycles. The summed E-state index contributed by atoms with van der Waals surface area (Å²) in [6.07, 6.45) is 2.47. The molecule has 0 spiro atoms. The topological polar surface area (TPSA) is 25.4 Å². The van der Waals surface area contributed by atoms with Crippen LogP contribution in [-0.4, -0.2) is 32.5 Å². The van der Waals surface area contributed by atoms with E-state index in [2.05, 4.69) is 59.7 Å². The van der Waals surface area contributed by atoms with E-state index >= 15 is 0 Å². The lowest BCUT2D eigenvalue weighted by Crippen LogP contribution is -2.47. The molecule has 2 rings (SSSR count). The zero-order chi connectivity index (χ0) is 16.5. The zero-order valence-electron chi connectivity index (χ0n) is 14.1. The van der Waals surface area contributed by atoms with Gasteiger partial charge in [0.25, 0.3) is 0 Å². The van der Waals surface area contributed by atoms with Gasteiger partial charge in [0, 0.05) is 19.2 Å². The first-order valence-electron chi connectivity index (χ1n) is 7.85. The van der Waals surface area contributed by atoms with Crippen LogP contribution in [0.2, 0.25) is 23.3 Å². The van der Waals surface area contributed by atoms with Crippen molar-refractivity contribution < 1.29 is 4.43 Å². The molecule has 22 heavy (non-hydrogen) atoms. The van der Waals surface area contributed by atoms with Crippen molar-refractivity contribution in [2.75, 3.05) is 18.0 Å². The SMILES string of the molecule is CC(C)(C)[Si](C)(C)OC1CCN(c2nc(Cl)ccc2Br)CC1. The lowest BCUT2D eigenvalue weighted by molar-refractivity contribution is 0.152. The molecule has 0 atom stereocenters. The van der Waals surface area contributed by atoms with Crippen LogP contribution < -0.4 is 4.90 Å². The van der Waals surface area contributed by atoms with Crippen LogP contribution in [-0.2, 0) is 4.43 Å². The highest BCUT2D eigenvalue weighted by molar-refractivity contribution is 9.10. The summed E-state index contributed by atoms with van der Waals surface area (Å²) in [5, 5.41) is 0.805. The van der Waals surface area contributed by atoms with E-state index in [4.69, 9.17) is 16.0 Å². The summed E-state index contributed by atoms with van der Waals surface area (Å²) in [6, 6.07) is 3.77. The van der Waals surface area contributed by atoms with Crippen molar-refractivity contribution in [3.63, 3.8) is 0 Å². The molecule has 0 N–H and O–H groups in total. The molecule has 1 aliphatic rings. The summed E-state index contributed by atoms with van der Waals surface area (Å²) in [4.78, 5) is 6.74. The largest absolute Gasteiger partial charge is 0.414 e. The minimum Gasteiger partial charge on any atom is -0.414 e. The van der Waals surface area contributed by atoms with Crippen LogP contribution in [0.25, 0.3) is 0 Å². The Morgan fingerprint density at radius 1 is 1.27 bits per heavy atom. The fourth-order valence-electron chi connectivity index (χ4n) is 2.41. The second kappa shape index (κ2) is 6.79. The first-order valence-corrected chi connectivity index (χ1v) is 11.9. The van der Waals surface area contributed by atoms with Crippen LogP contribution in [0.5, 0.6) is 0 Å². The van der Waals surface area contributed by atoms with Gasteiger partial charge in [0.15, 0.2) is 8.32 Å². The van der Waals surface area contributed by atoms with Crippen molar-refractivity contribution in [1.82, 2.24) is 4.98 Å². The van der Waals surface area contributed by atoms with Crippen molar-refractivity contribution >= 4 is 41.7 Å². The molecule has 0 bridgehead atoms. The summed E-state index contributed by atoms with van der Waals surface area (Å²) in [7, 11) is -1.68. The Hall–Kier alpha value is -0.103. The highest BCUT2D eigenvalue weighted by Crippen LogP contribution is 2.38. The van der Waals surface area contributed by atoms with Gasteiger partial charge in [-0.3, -0.25) is 0 Å². The van der Waals surface area contributed by atoms with Gasteiger partial charge in [-0.25, -0.2) is 4.98 Å². The fourth-order valence-corrected chi connectivity index (χ4v) is 4.45. The molecule has 2 heterocycles. The Balaban J connectivity index is 1.98.